The molecule has 2 heterocycles. The Balaban J connectivity index is 2.48. The van der Waals surface area contributed by atoms with E-state index < -0.39 is 0 Å². The molecule has 0 spiro atoms. The monoisotopic (exact) mass is 225 g/mol. The molecule has 3 rings (SSSR count). The molecule has 3 aromatic rings. The molecule has 0 aliphatic carbocycles. The second-order valence-electron chi connectivity index (χ2n) is 3.38. The SMILES string of the molecule is N#C/C=C/n1c2ccccc2c2cnsc21. The van der Waals surface area contributed by atoms with Crippen molar-refractivity contribution < 1.29 is 0 Å². The molecule has 76 valence electrons. The third kappa shape index (κ3) is 1.16. The van der Waals surface area contributed by atoms with Crippen molar-refractivity contribution in [1.82, 2.24) is 8.94 Å². The summed E-state index contributed by atoms with van der Waals surface area (Å²) in [5.41, 5.74) is 1.11. The number of allylic oxidation sites excluding steroid dienone is 1. The fourth-order valence-electron chi connectivity index (χ4n) is 1.87. The number of hydrogen-bond acceptors (Lipinski definition) is 3. The first-order chi connectivity index (χ1) is 7.92. The molecule has 16 heavy (non-hydrogen) atoms. The Labute approximate surface area is 96.0 Å². The van der Waals surface area contributed by atoms with Crippen molar-refractivity contribution in [2.75, 3.05) is 0 Å². The van der Waals surface area contributed by atoms with Gasteiger partial charge in [-0.05, 0) is 17.6 Å². The van der Waals surface area contributed by atoms with Crippen molar-refractivity contribution in [2.45, 2.75) is 0 Å². The van der Waals surface area contributed by atoms with Crippen LogP contribution in [0.15, 0.2) is 36.5 Å². The van der Waals surface area contributed by atoms with E-state index in [0.717, 1.165) is 15.7 Å². The summed E-state index contributed by atoms with van der Waals surface area (Å²) in [5.74, 6) is 0. The van der Waals surface area contributed by atoms with Gasteiger partial charge in [-0.3, -0.25) is 0 Å². The highest BCUT2D eigenvalue weighted by Crippen LogP contribution is 2.31. The van der Waals surface area contributed by atoms with Crippen molar-refractivity contribution in [3.05, 3.63) is 36.5 Å². The van der Waals surface area contributed by atoms with E-state index in [2.05, 4.69) is 10.4 Å². The second kappa shape index (κ2) is 3.47. The molecule has 0 saturated heterocycles. The van der Waals surface area contributed by atoms with E-state index >= 15 is 0 Å². The van der Waals surface area contributed by atoms with Gasteiger partial charge < -0.3 is 4.57 Å². The molecule has 0 radical (unpaired) electrons. The summed E-state index contributed by atoms with van der Waals surface area (Å²) in [4.78, 5) is 1.08. The molecular weight excluding hydrogens is 218 g/mol. The number of hydrogen-bond donors (Lipinski definition) is 0. The molecule has 0 atom stereocenters. The second-order valence-corrected chi connectivity index (χ2v) is 4.16. The van der Waals surface area contributed by atoms with Crippen molar-refractivity contribution in [2.24, 2.45) is 0 Å². The average Bonchev–Trinajstić information content (AvgIpc) is 2.87. The lowest BCUT2D eigenvalue weighted by Crippen LogP contribution is -1.82. The molecule has 0 unspecified atom stereocenters. The number of benzene rings is 1. The van der Waals surface area contributed by atoms with Crippen LogP contribution in [0.1, 0.15) is 0 Å². The summed E-state index contributed by atoms with van der Waals surface area (Å²) >= 11 is 1.44. The van der Waals surface area contributed by atoms with Gasteiger partial charge in [-0.25, -0.2) is 0 Å². The van der Waals surface area contributed by atoms with Gasteiger partial charge in [-0.15, -0.1) is 0 Å². The van der Waals surface area contributed by atoms with Gasteiger partial charge in [-0.2, -0.15) is 9.64 Å². The van der Waals surface area contributed by atoms with E-state index in [9.17, 15) is 0 Å². The lowest BCUT2D eigenvalue weighted by Gasteiger charge is -1.96. The maximum absolute atomic E-state index is 8.60. The summed E-state index contributed by atoms with van der Waals surface area (Å²) in [5, 5.41) is 10.9. The fourth-order valence-corrected chi connectivity index (χ4v) is 2.63. The van der Waals surface area contributed by atoms with E-state index in [1.165, 1.54) is 23.0 Å². The van der Waals surface area contributed by atoms with Gasteiger partial charge in [0.05, 0.1) is 17.8 Å². The Kier molecular flexibility index (Phi) is 1.98. The zero-order valence-electron chi connectivity index (χ0n) is 8.29. The van der Waals surface area contributed by atoms with Crippen LogP contribution in [0.5, 0.6) is 0 Å². The normalized spacial score (nSPS) is 11.4. The van der Waals surface area contributed by atoms with Gasteiger partial charge >= 0.3 is 0 Å². The predicted molar refractivity (Wildman–Crippen MR) is 66.1 cm³/mol. The number of nitrogens with zero attached hydrogens (tertiary/aromatic N) is 3. The van der Waals surface area contributed by atoms with Crippen LogP contribution < -0.4 is 0 Å². The molecule has 0 fully saturated rings. The number of nitriles is 1. The third-order valence-corrected chi connectivity index (χ3v) is 3.32. The van der Waals surface area contributed by atoms with Gasteiger partial charge in [0.15, 0.2) is 0 Å². The van der Waals surface area contributed by atoms with Crippen LogP contribution in [0, 0.1) is 11.3 Å². The lowest BCUT2D eigenvalue weighted by atomic mass is 10.2. The van der Waals surface area contributed by atoms with Crippen LogP contribution in [0.3, 0.4) is 0 Å². The molecule has 2 aromatic heterocycles. The number of para-hydroxylation sites is 1. The van der Waals surface area contributed by atoms with E-state index in [1.807, 2.05) is 35.0 Å². The Morgan fingerprint density at radius 2 is 2.19 bits per heavy atom. The molecule has 0 saturated carbocycles. The lowest BCUT2D eigenvalue weighted by molar-refractivity contribution is 1.31. The Morgan fingerprint density at radius 1 is 1.31 bits per heavy atom. The van der Waals surface area contributed by atoms with Gasteiger partial charge in [0.1, 0.15) is 4.83 Å². The van der Waals surface area contributed by atoms with Crippen LogP contribution in [0.2, 0.25) is 0 Å². The first-order valence-corrected chi connectivity index (χ1v) is 5.59. The van der Waals surface area contributed by atoms with E-state index in [4.69, 9.17) is 5.26 Å². The maximum Gasteiger partial charge on any atom is 0.128 e. The average molecular weight is 225 g/mol. The standard InChI is InChI=1S/C12H7N3S/c13-6-3-7-15-11-5-2-1-4-9(11)10-8-14-16-12(10)15/h1-5,7-8H/b7-3+. The number of rotatable bonds is 1. The van der Waals surface area contributed by atoms with Crippen molar-refractivity contribution >= 4 is 38.9 Å². The number of fused-ring (bicyclic) bond motifs is 3. The van der Waals surface area contributed by atoms with Crippen LogP contribution in [0.4, 0.5) is 0 Å². The fraction of sp³-hybridized carbons (Fsp3) is 0. The van der Waals surface area contributed by atoms with E-state index in [-0.39, 0.29) is 0 Å². The minimum atomic E-state index is 1.08. The summed E-state index contributed by atoms with van der Waals surface area (Å²) in [6.45, 7) is 0. The van der Waals surface area contributed by atoms with Crippen LogP contribution >= 0.6 is 11.5 Å². The first kappa shape index (κ1) is 9.13. The molecule has 0 aliphatic heterocycles. The number of aromatic nitrogens is 2. The zero-order valence-corrected chi connectivity index (χ0v) is 9.11. The van der Waals surface area contributed by atoms with Gasteiger partial charge in [0.2, 0.25) is 0 Å². The molecule has 0 N–H and O–H groups in total. The van der Waals surface area contributed by atoms with E-state index in [1.54, 1.807) is 6.20 Å². The van der Waals surface area contributed by atoms with Gasteiger partial charge in [0, 0.05) is 23.0 Å². The summed E-state index contributed by atoms with van der Waals surface area (Å²) in [7, 11) is 0. The molecule has 4 heteroatoms. The highest BCUT2D eigenvalue weighted by atomic mass is 32.1. The highest BCUT2D eigenvalue weighted by Gasteiger charge is 2.09. The molecule has 0 amide bonds. The highest BCUT2D eigenvalue weighted by molar-refractivity contribution is 7.13. The zero-order chi connectivity index (χ0) is 11.0. The van der Waals surface area contributed by atoms with Crippen molar-refractivity contribution in [1.29, 1.82) is 5.26 Å². The molecule has 1 aromatic carbocycles. The summed E-state index contributed by atoms with van der Waals surface area (Å²) in [6, 6.07) is 10.1. The Bertz CT molecular complexity index is 727. The van der Waals surface area contributed by atoms with Crippen LogP contribution in [0.25, 0.3) is 27.3 Å². The van der Waals surface area contributed by atoms with Crippen molar-refractivity contribution in [3.8, 4) is 6.07 Å². The van der Waals surface area contributed by atoms with Gasteiger partial charge in [-0.1, -0.05) is 18.2 Å². The largest absolute Gasteiger partial charge is 0.306 e. The molecule has 0 bridgehead atoms. The Morgan fingerprint density at radius 3 is 3.06 bits per heavy atom. The minimum Gasteiger partial charge on any atom is -0.306 e. The maximum atomic E-state index is 8.60. The molecular formula is C12H7N3S. The van der Waals surface area contributed by atoms with Crippen LogP contribution in [-0.2, 0) is 0 Å². The Hall–Kier alpha value is -2.12. The van der Waals surface area contributed by atoms with Gasteiger partial charge in [0.25, 0.3) is 0 Å². The minimum absolute atomic E-state index is 1.08. The molecule has 0 aliphatic rings. The summed E-state index contributed by atoms with van der Waals surface area (Å²) < 4.78 is 6.19. The predicted octanol–water partition coefficient (Wildman–Crippen LogP) is 3.25. The quantitative estimate of drug-likeness (QED) is 0.596. The van der Waals surface area contributed by atoms with Crippen molar-refractivity contribution in [3.63, 3.8) is 0 Å². The smallest absolute Gasteiger partial charge is 0.128 e. The molecule has 3 nitrogen and oxygen atoms in total. The topological polar surface area (TPSA) is 41.6 Å². The van der Waals surface area contributed by atoms with Crippen LogP contribution in [-0.4, -0.2) is 8.94 Å². The third-order valence-electron chi connectivity index (χ3n) is 2.52. The first-order valence-electron chi connectivity index (χ1n) is 4.81. The van der Waals surface area contributed by atoms with E-state index in [0.29, 0.717) is 0 Å². The summed E-state index contributed by atoms with van der Waals surface area (Å²) in [6.07, 6.45) is 5.13.